The van der Waals surface area contributed by atoms with E-state index in [0.29, 0.717) is 12.4 Å². The summed E-state index contributed by atoms with van der Waals surface area (Å²) in [5.74, 6) is 1.40. The van der Waals surface area contributed by atoms with Gasteiger partial charge in [-0.2, -0.15) is 5.21 Å². The Labute approximate surface area is 233 Å². The number of hydrogen-bond acceptors (Lipinski definition) is 7. The molecule has 3 fully saturated rings. The summed E-state index contributed by atoms with van der Waals surface area (Å²) in [5, 5.41) is 14.6. The van der Waals surface area contributed by atoms with E-state index in [2.05, 4.69) is 62.8 Å². The summed E-state index contributed by atoms with van der Waals surface area (Å²) in [7, 11) is 0. The summed E-state index contributed by atoms with van der Waals surface area (Å²) in [4.78, 5) is 38.6. The van der Waals surface area contributed by atoms with Crippen molar-refractivity contribution in [1.82, 2.24) is 35.3 Å². The number of imide groups is 1. The van der Waals surface area contributed by atoms with E-state index in [-0.39, 0.29) is 24.0 Å². The summed E-state index contributed by atoms with van der Waals surface area (Å²) >= 11 is 0. The molecule has 3 amide bonds. The highest BCUT2D eigenvalue weighted by Crippen LogP contribution is 2.47. The molecule has 2 aliphatic carbocycles. The Morgan fingerprint density at radius 2 is 1.70 bits per heavy atom. The van der Waals surface area contributed by atoms with Crippen LogP contribution in [0.25, 0.3) is 22.5 Å². The van der Waals surface area contributed by atoms with Gasteiger partial charge in [-0.25, -0.2) is 9.79 Å². The molecule has 10 nitrogen and oxygen atoms in total. The predicted octanol–water partition coefficient (Wildman–Crippen LogP) is 4.61. The average Bonchev–Trinajstić information content (AvgIpc) is 3.88. The van der Waals surface area contributed by atoms with Gasteiger partial charge in [0.2, 0.25) is 5.82 Å². The SMILES string of the molecule is CCCCC1=NC2(C)C(C(=O)N(C3CC3)C(=O)N2C2CC2)N1Cc1ccc(-c2ccccc2-c2nn[nH]n2)cc1. The number of fused-ring (bicyclic) bond motifs is 1. The minimum Gasteiger partial charge on any atom is -0.340 e. The number of rotatable bonds is 9. The Bertz CT molecular complexity index is 1460. The molecule has 3 heterocycles. The van der Waals surface area contributed by atoms with Crippen molar-refractivity contribution in [1.29, 1.82) is 0 Å². The number of amidine groups is 1. The molecule has 4 aliphatic rings. The topological polar surface area (TPSA) is 111 Å². The van der Waals surface area contributed by atoms with E-state index in [9.17, 15) is 9.59 Å². The number of nitrogens with one attached hydrogen (secondary N) is 1. The van der Waals surface area contributed by atoms with Crippen LogP contribution in [-0.4, -0.2) is 76.9 Å². The van der Waals surface area contributed by atoms with Gasteiger partial charge in [0, 0.05) is 30.6 Å². The summed E-state index contributed by atoms with van der Waals surface area (Å²) < 4.78 is 0. The molecular formula is C30H34N8O2. The van der Waals surface area contributed by atoms with Crippen LogP contribution in [0.5, 0.6) is 0 Å². The molecule has 1 aromatic heterocycles. The monoisotopic (exact) mass is 538 g/mol. The summed E-state index contributed by atoms with van der Waals surface area (Å²) in [6.45, 7) is 4.73. The van der Waals surface area contributed by atoms with E-state index in [4.69, 9.17) is 4.99 Å². The van der Waals surface area contributed by atoms with Gasteiger partial charge in [-0.15, -0.1) is 10.2 Å². The molecule has 1 N–H and O–H groups in total. The summed E-state index contributed by atoms with van der Waals surface area (Å²) in [5.41, 5.74) is 3.21. The highest BCUT2D eigenvalue weighted by Gasteiger charge is 2.64. The zero-order chi connectivity index (χ0) is 27.4. The number of benzene rings is 2. The molecule has 0 radical (unpaired) electrons. The number of amides is 3. The number of unbranched alkanes of at least 4 members (excludes halogenated alkanes) is 1. The van der Waals surface area contributed by atoms with Crippen molar-refractivity contribution in [3.05, 3.63) is 54.1 Å². The first-order valence-corrected chi connectivity index (χ1v) is 14.4. The maximum Gasteiger partial charge on any atom is 0.329 e. The maximum atomic E-state index is 14.0. The van der Waals surface area contributed by atoms with Gasteiger partial charge < -0.3 is 4.90 Å². The van der Waals surface area contributed by atoms with Crippen LogP contribution >= 0.6 is 0 Å². The van der Waals surface area contributed by atoms with Gasteiger partial charge in [-0.1, -0.05) is 61.9 Å². The third kappa shape index (κ3) is 4.08. The summed E-state index contributed by atoms with van der Waals surface area (Å²) in [6, 6.07) is 16.0. The smallest absolute Gasteiger partial charge is 0.329 e. The van der Waals surface area contributed by atoms with Crippen molar-refractivity contribution in [3.8, 4) is 22.5 Å². The average molecular weight is 539 g/mol. The number of carbonyl (C=O) groups excluding carboxylic acids is 2. The fourth-order valence-electron chi connectivity index (χ4n) is 6.36. The van der Waals surface area contributed by atoms with E-state index in [1.807, 2.05) is 30.0 Å². The van der Waals surface area contributed by atoms with E-state index >= 15 is 0 Å². The highest BCUT2D eigenvalue weighted by molar-refractivity contribution is 6.05. The lowest BCUT2D eigenvalue weighted by Crippen LogP contribution is -2.72. The maximum absolute atomic E-state index is 14.0. The molecule has 10 heteroatoms. The van der Waals surface area contributed by atoms with Gasteiger partial charge >= 0.3 is 6.03 Å². The normalized spacial score (nSPS) is 24.5. The molecule has 40 heavy (non-hydrogen) atoms. The lowest BCUT2D eigenvalue weighted by Gasteiger charge is -2.49. The van der Waals surface area contributed by atoms with Crippen LogP contribution < -0.4 is 0 Å². The van der Waals surface area contributed by atoms with Crippen LogP contribution in [0.2, 0.25) is 0 Å². The van der Waals surface area contributed by atoms with Crippen LogP contribution in [0.15, 0.2) is 53.5 Å². The zero-order valence-corrected chi connectivity index (χ0v) is 23.0. The van der Waals surface area contributed by atoms with Crippen molar-refractivity contribution in [2.24, 2.45) is 4.99 Å². The van der Waals surface area contributed by atoms with Gasteiger partial charge in [0.1, 0.15) is 5.84 Å². The predicted molar refractivity (Wildman–Crippen MR) is 150 cm³/mol. The van der Waals surface area contributed by atoms with Gasteiger partial charge in [0.05, 0.1) is 0 Å². The Kier molecular flexibility index (Phi) is 5.94. The first-order chi connectivity index (χ1) is 19.5. The quantitative estimate of drug-likeness (QED) is 0.426. The standard InChI is InChI=1S/C30H34N8O2/c1-3-4-9-25-31-30(2)26(28(39)37(21-14-15-21)29(40)38(30)22-16-17-22)36(25)18-19-10-12-20(13-11-19)23-7-5-6-8-24(23)27-32-34-35-33-27/h5-8,10-13,21-22,26H,3-4,9,14-18H2,1-2H3,(H,32,33,34,35). The molecule has 7 rings (SSSR count). The second-order valence-corrected chi connectivity index (χ2v) is 11.6. The largest absolute Gasteiger partial charge is 0.340 e. The van der Waals surface area contributed by atoms with Gasteiger partial charge in [0.15, 0.2) is 11.7 Å². The molecule has 206 valence electrons. The third-order valence-corrected chi connectivity index (χ3v) is 8.60. The number of aromatic amines is 1. The molecule has 2 aromatic carbocycles. The van der Waals surface area contributed by atoms with E-state index < -0.39 is 11.7 Å². The second-order valence-electron chi connectivity index (χ2n) is 11.6. The molecule has 2 saturated carbocycles. The zero-order valence-electron chi connectivity index (χ0n) is 23.0. The van der Waals surface area contributed by atoms with Crippen LogP contribution in [0.1, 0.15) is 64.4 Å². The molecule has 3 aromatic rings. The van der Waals surface area contributed by atoms with Crippen LogP contribution in [0.4, 0.5) is 4.79 Å². The number of aliphatic imine (C=N–C) groups is 1. The number of carbonyl (C=O) groups is 2. The van der Waals surface area contributed by atoms with Crippen molar-refractivity contribution in [2.45, 2.75) is 89.1 Å². The van der Waals surface area contributed by atoms with Crippen molar-refractivity contribution < 1.29 is 9.59 Å². The first kappa shape index (κ1) is 24.9. The number of hydrogen-bond donors (Lipinski definition) is 1. The fraction of sp³-hybridized carbons (Fsp3) is 0.467. The van der Waals surface area contributed by atoms with E-state index in [0.717, 1.165) is 73.0 Å². The van der Waals surface area contributed by atoms with E-state index in [1.165, 1.54) is 0 Å². The van der Waals surface area contributed by atoms with Crippen LogP contribution in [0, 0.1) is 0 Å². The minimum absolute atomic E-state index is 0.0332. The van der Waals surface area contributed by atoms with Gasteiger partial charge in [0.25, 0.3) is 5.91 Å². The van der Waals surface area contributed by atoms with E-state index in [1.54, 1.807) is 4.90 Å². The molecule has 2 unspecified atom stereocenters. The summed E-state index contributed by atoms with van der Waals surface area (Å²) in [6.07, 6.45) is 6.58. The molecule has 2 aliphatic heterocycles. The Morgan fingerprint density at radius 1 is 0.975 bits per heavy atom. The Morgan fingerprint density at radius 3 is 2.35 bits per heavy atom. The lowest BCUT2D eigenvalue weighted by molar-refractivity contribution is -0.142. The van der Waals surface area contributed by atoms with Gasteiger partial charge in [-0.3, -0.25) is 14.6 Å². The molecule has 1 saturated heterocycles. The molecular weight excluding hydrogens is 504 g/mol. The Hall–Kier alpha value is -4.08. The molecule has 2 atom stereocenters. The van der Waals surface area contributed by atoms with Crippen molar-refractivity contribution in [2.75, 3.05) is 0 Å². The highest BCUT2D eigenvalue weighted by atomic mass is 16.2. The lowest BCUT2D eigenvalue weighted by atomic mass is 9.95. The second kappa shape index (κ2) is 9.53. The van der Waals surface area contributed by atoms with Crippen molar-refractivity contribution >= 4 is 17.8 Å². The third-order valence-electron chi connectivity index (χ3n) is 8.60. The van der Waals surface area contributed by atoms with Crippen LogP contribution in [-0.2, 0) is 11.3 Å². The number of tetrazole rings is 1. The fourth-order valence-corrected chi connectivity index (χ4v) is 6.36. The minimum atomic E-state index is -0.868. The Balaban J connectivity index is 1.21. The van der Waals surface area contributed by atoms with Crippen molar-refractivity contribution in [3.63, 3.8) is 0 Å². The molecule has 0 bridgehead atoms. The number of urea groups is 1. The number of aromatic nitrogens is 4. The first-order valence-electron chi connectivity index (χ1n) is 14.4. The van der Waals surface area contributed by atoms with Gasteiger partial charge in [-0.05, 0) is 60.9 Å². The van der Waals surface area contributed by atoms with Crippen LogP contribution in [0.3, 0.4) is 0 Å². The number of H-pyrrole nitrogens is 1. The molecule has 0 spiro atoms. The number of nitrogens with zero attached hydrogens (tertiary/aromatic N) is 7.